The van der Waals surface area contributed by atoms with Crippen LogP contribution < -0.4 is 10.2 Å². The molecule has 1 fully saturated rings. The van der Waals surface area contributed by atoms with Crippen molar-refractivity contribution in [2.75, 3.05) is 24.5 Å². The molecule has 1 aliphatic rings. The van der Waals surface area contributed by atoms with Crippen molar-refractivity contribution in [3.63, 3.8) is 0 Å². The molecule has 0 heterocycles. The third-order valence-electron chi connectivity index (χ3n) is 4.19. The standard InChI is InChI=1S/C17H27BrN2/c1-3-10-19-12-15-8-9-17(16(18)11-15)20(4-2)13-14-6-5-7-14/h8-9,11,14,19H,3-7,10,12-13H2,1-2H3. The van der Waals surface area contributed by atoms with Crippen LogP contribution >= 0.6 is 15.9 Å². The molecule has 0 spiro atoms. The van der Waals surface area contributed by atoms with Crippen molar-refractivity contribution in [3.8, 4) is 0 Å². The predicted octanol–water partition coefficient (Wildman–Crippen LogP) is 4.58. The van der Waals surface area contributed by atoms with Gasteiger partial charge in [-0.1, -0.05) is 19.4 Å². The van der Waals surface area contributed by atoms with Crippen LogP contribution in [0.4, 0.5) is 5.69 Å². The van der Waals surface area contributed by atoms with Gasteiger partial charge in [-0.15, -0.1) is 0 Å². The molecule has 2 nitrogen and oxygen atoms in total. The van der Waals surface area contributed by atoms with E-state index in [2.05, 4.69) is 58.2 Å². The zero-order valence-corrected chi connectivity index (χ0v) is 14.4. The Hall–Kier alpha value is -0.540. The van der Waals surface area contributed by atoms with Crippen molar-refractivity contribution < 1.29 is 0 Å². The van der Waals surface area contributed by atoms with Crippen LogP contribution in [0.1, 0.15) is 45.1 Å². The molecule has 0 bridgehead atoms. The molecule has 0 unspecified atom stereocenters. The summed E-state index contributed by atoms with van der Waals surface area (Å²) in [5.41, 5.74) is 2.70. The van der Waals surface area contributed by atoms with E-state index in [0.717, 1.165) is 25.6 Å². The lowest BCUT2D eigenvalue weighted by atomic mass is 9.85. The second-order valence-electron chi connectivity index (χ2n) is 5.80. The highest BCUT2D eigenvalue weighted by Crippen LogP contribution is 2.32. The van der Waals surface area contributed by atoms with Crippen molar-refractivity contribution in [2.24, 2.45) is 5.92 Å². The molecule has 112 valence electrons. The Morgan fingerprint density at radius 2 is 2.10 bits per heavy atom. The first-order chi connectivity index (χ1) is 9.74. The van der Waals surface area contributed by atoms with E-state index < -0.39 is 0 Å². The monoisotopic (exact) mass is 338 g/mol. The molecule has 1 aromatic carbocycles. The maximum atomic E-state index is 3.76. The van der Waals surface area contributed by atoms with Gasteiger partial charge in [0.25, 0.3) is 0 Å². The largest absolute Gasteiger partial charge is 0.371 e. The number of halogens is 1. The minimum absolute atomic E-state index is 0.910. The van der Waals surface area contributed by atoms with Gasteiger partial charge in [-0.2, -0.15) is 0 Å². The Bertz CT molecular complexity index is 415. The van der Waals surface area contributed by atoms with Gasteiger partial charge in [-0.3, -0.25) is 0 Å². The first-order valence-electron chi connectivity index (χ1n) is 7.98. The lowest BCUT2D eigenvalue weighted by molar-refractivity contribution is 0.318. The minimum Gasteiger partial charge on any atom is -0.371 e. The third kappa shape index (κ3) is 4.23. The molecule has 3 heteroatoms. The number of hydrogen-bond donors (Lipinski definition) is 1. The Balaban J connectivity index is 1.98. The fraction of sp³-hybridized carbons (Fsp3) is 0.647. The maximum Gasteiger partial charge on any atom is 0.0510 e. The Morgan fingerprint density at radius 3 is 2.65 bits per heavy atom. The van der Waals surface area contributed by atoms with Gasteiger partial charge in [-0.05, 0) is 72.3 Å². The van der Waals surface area contributed by atoms with Crippen LogP contribution in [-0.4, -0.2) is 19.6 Å². The van der Waals surface area contributed by atoms with E-state index in [1.807, 2.05) is 0 Å². The average Bonchev–Trinajstić information content (AvgIpc) is 2.39. The van der Waals surface area contributed by atoms with Gasteiger partial charge in [0.15, 0.2) is 0 Å². The Kier molecular flexibility index (Phi) is 6.37. The molecule has 1 aromatic rings. The molecule has 0 atom stereocenters. The average molecular weight is 339 g/mol. The zero-order valence-electron chi connectivity index (χ0n) is 12.8. The molecule has 0 saturated heterocycles. The van der Waals surface area contributed by atoms with Gasteiger partial charge in [0, 0.05) is 24.1 Å². The van der Waals surface area contributed by atoms with Crippen LogP contribution in [0.5, 0.6) is 0 Å². The summed E-state index contributed by atoms with van der Waals surface area (Å²) >= 11 is 3.76. The summed E-state index contributed by atoms with van der Waals surface area (Å²) in [6.07, 6.45) is 5.43. The highest BCUT2D eigenvalue weighted by molar-refractivity contribution is 9.10. The van der Waals surface area contributed by atoms with E-state index in [0.29, 0.717) is 0 Å². The van der Waals surface area contributed by atoms with Crippen LogP contribution in [-0.2, 0) is 6.54 Å². The van der Waals surface area contributed by atoms with Crippen molar-refractivity contribution in [2.45, 2.75) is 46.1 Å². The summed E-state index contributed by atoms with van der Waals surface area (Å²) < 4.78 is 1.23. The second-order valence-corrected chi connectivity index (χ2v) is 6.65. The smallest absolute Gasteiger partial charge is 0.0510 e. The van der Waals surface area contributed by atoms with Crippen molar-refractivity contribution in [1.82, 2.24) is 5.32 Å². The summed E-state index contributed by atoms with van der Waals surface area (Å²) in [6.45, 7) is 8.79. The van der Waals surface area contributed by atoms with E-state index in [4.69, 9.17) is 0 Å². The quantitative estimate of drug-likeness (QED) is 0.698. The fourth-order valence-electron chi connectivity index (χ4n) is 2.71. The highest BCUT2D eigenvalue weighted by atomic mass is 79.9. The number of rotatable bonds is 8. The van der Waals surface area contributed by atoms with Gasteiger partial charge in [-0.25, -0.2) is 0 Å². The number of nitrogens with one attached hydrogen (secondary N) is 1. The molecule has 0 aromatic heterocycles. The number of hydrogen-bond acceptors (Lipinski definition) is 2. The summed E-state index contributed by atoms with van der Waals surface area (Å²) in [7, 11) is 0. The van der Waals surface area contributed by atoms with Gasteiger partial charge < -0.3 is 10.2 Å². The molecule has 0 amide bonds. The number of benzene rings is 1. The van der Waals surface area contributed by atoms with Gasteiger partial charge >= 0.3 is 0 Å². The minimum atomic E-state index is 0.910. The zero-order chi connectivity index (χ0) is 14.4. The van der Waals surface area contributed by atoms with E-state index in [9.17, 15) is 0 Å². The summed E-state index contributed by atoms with van der Waals surface area (Å²) in [5.74, 6) is 0.910. The third-order valence-corrected chi connectivity index (χ3v) is 4.83. The first-order valence-corrected chi connectivity index (χ1v) is 8.78. The van der Waals surface area contributed by atoms with E-state index in [-0.39, 0.29) is 0 Å². The Labute approximate surface area is 132 Å². The fourth-order valence-corrected chi connectivity index (χ4v) is 3.39. The van der Waals surface area contributed by atoms with Crippen molar-refractivity contribution in [1.29, 1.82) is 0 Å². The molecule has 2 rings (SSSR count). The maximum absolute atomic E-state index is 3.76. The van der Waals surface area contributed by atoms with Crippen molar-refractivity contribution >= 4 is 21.6 Å². The van der Waals surface area contributed by atoms with Crippen LogP contribution in [0.2, 0.25) is 0 Å². The molecular weight excluding hydrogens is 312 g/mol. The first kappa shape index (κ1) is 15.8. The number of nitrogens with zero attached hydrogens (tertiary/aromatic N) is 1. The molecule has 1 aliphatic carbocycles. The van der Waals surface area contributed by atoms with Gasteiger partial charge in [0.1, 0.15) is 0 Å². The molecule has 0 radical (unpaired) electrons. The normalized spacial score (nSPS) is 15.2. The lowest BCUT2D eigenvalue weighted by Gasteiger charge is -2.33. The van der Waals surface area contributed by atoms with Crippen LogP contribution in [0, 0.1) is 5.92 Å². The molecule has 1 saturated carbocycles. The van der Waals surface area contributed by atoms with Gasteiger partial charge in [0.2, 0.25) is 0 Å². The SMILES string of the molecule is CCCNCc1ccc(N(CC)CC2CCC2)c(Br)c1. The lowest BCUT2D eigenvalue weighted by Crippen LogP contribution is -2.32. The molecule has 0 aliphatic heterocycles. The molecule has 1 N–H and O–H groups in total. The van der Waals surface area contributed by atoms with Crippen LogP contribution in [0.15, 0.2) is 22.7 Å². The summed E-state index contributed by atoms with van der Waals surface area (Å²) in [6, 6.07) is 6.79. The van der Waals surface area contributed by atoms with Crippen LogP contribution in [0.3, 0.4) is 0 Å². The molecular formula is C17H27BrN2. The summed E-state index contributed by atoms with van der Waals surface area (Å²) in [5, 5.41) is 3.46. The summed E-state index contributed by atoms with van der Waals surface area (Å²) in [4.78, 5) is 2.51. The molecule has 20 heavy (non-hydrogen) atoms. The van der Waals surface area contributed by atoms with Gasteiger partial charge in [0.05, 0.1) is 5.69 Å². The Morgan fingerprint density at radius 1 is 1.30 bits per heavy atom. The topological polar surface area (TPSA) is 15.3 Å². The number of anilines is 1. The van der Waals surface area contributed by atoms with Crippen molar-refractivity contribution in [3.05, 3.63) is 28.2 Å². The second kappa shape index (κ2) is 8.04. The van der Waals surface area contributed by atoms with Crippen LogP contribution in [0.25, 0.3) is 0 Å². The van der Waals surface area contributed by atoms with E-state index >= 15 is 0 Å². The predicted molar refractivity (Wildman–Crippen MR) is 91.4 cm³/mol. The van der Waals surface area contributed by atoms with E-state index in [1.54, 1.807) is 0 Å². The van der Waals surface area contributed by atoms with E-state index in [1.165, 1.54) is 48.0 Å². The highest BCUT2D eigenvalue weighted by Gasteiger charge is 2.21.